The topological polar surface area (TPSA) is 39.1 Å². The third kappa shape index (κ3) is 4.07. The molecule has 2 atom stereocenters. The van der Waals surface area contributed by atoms with Crippen LogP contribution in [0.5, 0.6) is 0 Å². The minimum absolute atomic E-state index is 0.304. The monoisotopic (exact) mass is 317 g/mol. The van der Waals surface area contributed by atoms with Crippen molar-refractivity contribution in [2.75, 3.05) is 20.8 Å². The molecule has 5 heteroatoms. The van der Waals surface area contributed by atoms with Gasteiger partial charge in [0.05, 0.1) is 22.4 Å². The first kappa shape index (κ1) is 15.7. The van der Waals surface area contributed by atoms with E-state index in [1.54, 1.807) is 7.11 Å². The Morgan fingerprint density at radius 1 is 1.56 bits per heavy atom. The van der Waals surface area contributed by atoms with Gasteiger partial charge in [-0.2, -0.15) is 5.10 Å². The Balaban J connectivity index is 2.83. The Hall–Kier alpha value is -0.390. The van der Waals surface area contributed by atoms with Crippen molar-refractivity contribution in [3.05, 3.63) is 16.4 Å². The quantitative estimate of drug-likeness (QED) is 0.801. The van der Waals surface area contributed by atoms with E-state index in [4.69, 9.17) is 4.74 Å². The van der Waals surface area contributed by atoms with Crippen LogP contribution in [-0.2, 0) is 11.3 Å². The van der Waals surface area contributed by atoms with Crippen LogP contribution in [0.15, 0.2) is 10.7 Å². The molecule has 1 N–H and O–H groups in total. The predicted octanol–water partition coefficient (Wildman–Crippen LogP) is 2.99. The molecule has 0 aliphatic carbocycles. The van der Waals surface area contributed by atoms with Crippen molar-refractivity contribution in [1.29, 1.82) is 0 Å². The molecule has 2 unspecified atom stereocenters. The molecular formula is C13H24BrN3O. The number of nitrogens with one attached hydrogen (secondary N) is 1. The highest BCUT2D eigenvalue weighted by Gasteiger charge is 2.20. The molecule has 0 saturated carbocycles. The largest absolute Gasteiger partial charge is 0.384 e. The average molecular weight is 318 g/mol. The van der Waals surface area contributed by atoms with E-state index in [0.29, 0.717) is 12.0 Å². The van der Waals surface area contributed by atoms with E-state index in [9.17, 15) is 0 Å². The van der Waals surface area contributed by atoms with Gasteiger partial charge in [-0.05, 0) is 41.7 Å². The molecule has 0 aliphatic heterocycles. The van der Waals surface area contributed by atoms with Crippen LogP contribution in [0.25, 0.3) is 0 Å². The number of ether oxygens (including phenoxy) is 1. The van der Waals surface area contributed by atoms with Gasteiger partial charge in [0.2, 0.25) is 0 Å². The molecule has 0 aliphatic rings. The predicted molar refractivity (Wildman–Crippen MR) is 77.7 cm³/mol. The van der Waals surface area contributed by atoms with E-state index in [0.717, 1.165) is 30.5 Å². The van der Waals surface area contributed by atoms with E-state index < -0.39 is 0 Å². The first-order chi connectivity index (χ1) is 8.63. The number of nitrogens with zero attached hydrogens (tertiary/aromatic N) is 2. The van der Waals surface area contributed by atoms with Crippen LogP contribution in [0, 0.1) is 5.92 Å². The summed E-state index contributed by atoms with van der Waals surface area (Å²) in [5.74, 6) is 0.518. The lowest BCUT2D eigenvalue weighted by Gasteiger charge is -2.22. The molecule has 1 aromatic heterocycles. The maximum Gasteiger partial charge on any atom is 0.0695 e. The zero-order chi connectivity index (χ0) is 13.5. The van der Waals surface area contributed by atoms with Crippen LogP contribution in [-0.4, -0.2) is 30.5 Å². The third-order valence-electron chi connectivity index (χ3n) is 3.04. The van der Waals surface area contributed by atoms with Gasteiger partial charge in [0.1, 0.15) is 0 Å². The van der Waals surface area contributed by atoms with Gasteiger partial charge < -0.3 is 10.1 Å². The van der Waals surface area contributed by atoms with Gasteiger partial charge >= 0.3 is 0 Å². The Bertz CT molecular complexity index is 354. The maximum absolute atomic E-state index is 5.21. The summed E-state index contributed by atoms with van der Waals surface area (Å²) in [6.45, 7) is 6.12. The van der Waals surface area contributed by atoms with Crippen molar-refractivity contribution in [2.45, 2.75) is 39.3 Å². The Morgan fingerprint density at radius 2 is 2.28 bits per heavy atom. The maximum atomic E-state index is 5.21. The van der Waals surface area contributed by atoms with Gasteiger partial charge in [0.25, 0.3) is 0 Å². The number of hydrogen-bond donors (Lipinski definition) is 1. The van der Waals surface area contributed by atoms with Crippen molar-refractivity contribution in [1.82, 2.24) is 15.1 Å². The van der Waals surface area contributed by atoms with E-state index in [1.807, 2.05) is 13.2 Å². The number of rotatable bonds is 8. The molecular weight excluding hydrogens is 294 g/mol. The summed E-state index contributed by atoms with van der Waals surface area (Å²) in [7, 11) is 3.75. The lowest BCUT2D eigenvalue weighted by atomic mass is 10.00. The Kier molecular flexibility index (Phi) is 6.89. The van der Waals surface area contributed by atoms with Crippen molar-refractivity contribution < 1.29 is 4.74 Å². The second-order valence-corrected chi connectivity index (χ2v) is 5.59. The molecule has 0 amide bonds. The fourth-order valence-corrected chi connectivity index (χ4v) is 2.80. The zero-order valence-corrected chi connectivity index (χ0v) is 13.3. The molecule has 4 nitrogen and oxygen atoms in total. The van der Waals surface area contributed by atoms with Crippen LogP contribution in [0.4, 0.5) is 0 Å². The molecule has 0 saturated heterocycles. The van der Waals surface area contributed by atoms with Crippen molar-refractivity contribution in [3.63, 3.8) is 0 Å². The van der Waals surface area contributed by atoms with Crippen LogP contribution in [0.3, 0.4) is 0 Å². The van der Waals surface area contributed by atoms with Gasteiger partial charge in [-0.25, -0.2) is 0 Å². The summed E-state index contributed by atoms with van der Waals surface area (Å²) >= 11 is 3.60. The minimum Gasteiger partial charge on any atom is -0.384 e. The molecule has 18 heavy (non-hydrogen) atoms. The lowest BCUT2D eigenvalue weighted by Crippen LogP contribution is -2.24. The van der Waals surface area contributed by atoms with Gasteiger partial charge in [-0.3, -0.25) is 4.68 Å². The lowest BCUT2D eigenvalue weighted by molar-refractivity contribution is 0.149. The molecule has 1 rings (SSSR count). The second-order valence-electron chi connectivity index (χ2n) is 4.74. The van der Waals surface area contributed by atoms with Crippen LogP contribution in [0.2, 0.25) is 0 Å². The van der Waals surface area contributed by atoms with Gasteiger partial charge in [-0.1, -0.05) is 13.8 Å². The number of aromatic nitrogens is 2. The average Bonchev–Trinajstić information content (AvgIpc) is 2.69. The molecule has 0 bridgehead atoms. The number of halogens is 1. The highest BCUT2D eigenvalue weighted by atomic mass is 79.9. The van der Waals surface area contributed by atoms with Crippen molar-refractivity contribution >= 4 is 15.9 Å². The molecule has 1 aromatic rings. The van der Waals surface area contributed by atoms with E-state index in [-0.39, 0.29) is 0 Å². The molecule has 0 aromatic carbocycles. The first-order valence-electron chi connectivity index (χ1n) is 6.51. The molecule has 0 radical (unpaired) electrons. The summed E-state index contributed by atoms with van der Waals surface area (Å²) in [5.41, 5.74) is 1.24. The van der Waals surface area contributed by atoms with Crippen molar-refractivity contribution in [3.8, 4) is 0 Å². The summed E-state index contributed by atoms with van der Waals surface area (Å²) in [4.78, 5) is 0. The summed E-state index contributed by atoms with van der Waals surface area (Å²) in [5, 5.41) is 7.81. The van der Waals surface area contributed by atoms with E-state index in [2.05, 4.69) is 44.9 Å². The SMILES string of the molecule is CCCn1ncc(Br)c1C(CC(C)COC)NC. The van der Waals surface area contributed by atoms with E-state index in [1.165, 1.54) is 5.69 Å². The highest BCUT2D eigenvalue weighted by Crippen LogP contribution is 2.28. The van der Waals surface area contributed by atoms with Gasteiger partial charge in [0, 0.05) is 20.3 Å². The summed E-state index contributed by atoms with van der Waals surface area (Å²) < 4.78 is 8.38. The van der Waals surface area contributed by atoms with Gasteiger partial charge in [0.15, 0.2) is 0 Å². The first-order valence-corrected chi connectivity index (χ1v) is 7.30. The Labute approximate surface area is 118 Å². The minimum atomic E-state index is 0.304. The van der Waals surface area contributed by atoms with Crippen LogP contribution < -0.4 is 5.32 Å². The molecule has 0 fully saturated rings. The fourth-order valence-electron chi connectivity index (χ4n) is 2.23. The van der Waals surface area contributed by atoms with Crippen LogP contribution >= 0.6 is 15.9 Å². The van der Waals surface area contributed by atoms with Crippen molar-refractivity contribution in [2.24, 2.45) is 5.92 Å². The molecule has 1 heterocycles. The molecule has 104 valence electrons. The smallest absolute Gasteiger partial charge is 0.0695 e. The number of hydrogen-bond acceptors (Lipinski definition) is 3. The summed E-state index contributed by atoms with van der Waals surface area (Å²) in [6, 6.07) is 0.304. The standard InChI is InChI=1S/C13H24BrN3O/c1-5-6-17-13(11(14)8-16-17)12(15-3)7-10(2)9-18-4/h8,10,12,15H,5-7,9H2,1-4H3. The Morgan fingerprint density at radius 3 is 2.83 bits per heavy atom. The number of aryl methyl sites for hydroxylation is 1. The highest BCUT2D eigenvalue weighted by molar-refractivity contribution is 9.10. The van der Waals surface area contributed by atoms with Crippen LogP contribution in [0.1, 0.15) is 38.4 Å². The number of methoxy groups -OCH3 is 1. The zero-order valence-electron chi connectivity index (χ0n) is 11.7. The molecule has 0 spiro atoms. The summed E-state index contributed by atoms with van der Waals surface area (Å²) in [6.07, 6.45) is 4.01. The second kappa shape index (κ2) is 7.92. The third-order valence-corrected chi connectivity index (χ3v) is 3.65. The van der Waals surface area contributed by atoms with E-state index >= 15 is 0 Å². The van der Waals surface area contributed by atoms with Gasteiger partial charge in [-0.15, -0.1) is 0 Å². The fraction of sp³-hybridized carbons (Fsp3) is 0.769. The normalized spacial score (nSPS) is 14.7.